The maximum Gasteiger partial charge on any atom is 0.354 e. The summed E-state index contributed by atoms with van der Waals surface area (Å²) >= 11 is 2.05. The van der Waals surface area contributed by atoms with E-state index in [0.29, 0.717) is 29.9 Å². The lowest BCUT2D eigenvalue weighted by atomic mass is 10.1. The Bertz CT molecular complexity index is 1300. The first-order chi connectivity index (χ1) is 19.8. The third-order valence-electron chi connectivity index (χ3n) is 6.36. The summed E-state index contributed by atoms with van der Waals surface area (Å²) in [5.74, 6) is 1.27. The summed E-state index contributed by atoms with van der Waals surface area (Å²) in [7, 11) is 0. The number of aromatic nitrogens is 3. The van der Waals surface area contributed by atoms with Gasteiger partial charge in [-0.05, 0) is 36.8 Å². The second-order valence-corrected chi connectivity index (χ2v) is 11.0. The minimum atomic E-state index is -0.628. The van der Waals surface area contributed by atoms with Crippen molar-refractivity contribution < 1.29 is 14.6 Å². The van der Waals surface area contributed by atoms with Gasteiger partial charge in [0.1, 0.15) is 11.6 Å². The molecule has 1 aromatic carbocycles. The molecule has 0 aliphatic rings. The molecule has 3 rings (SSSR count). The van der Waals surface area contributed by atoms with Gasteiger partial charge in [-0.2, -0.15) is 15.0 Å². The summed E-state index contributed by atoms with van der Waals surface area (Å²) in [6, 6.07) is 9.83. The van der Waals surface area contributed by atoms with Crippen LogP contribution < -0.4 is 26.4 Å². The van der Waals surface area contributed by atoms with Crippen molar-refractivity contribution in [1.82, 2.24) is 15.0 Å². The molecule has 41 heavy (non-hydrogen) atoms. The van der Waals surface area contributed by atoms with Crippen LogP contribution in [-0.4, -0.2) is 45.7 Å². The highest BCUT2D eigenvalue weighted by Gasteiger charge is 2.20. The van der Waals surface area contributed by atoms with E-state index in [2.05, 4.69) is 46.3 Å². The molecule has 3 aromatic rings. The maximum absolute atomic E-state index is 12.2. The highest BCUT2D eigenvalue weighted by molar-refractivity contribution is 8.00. The Morgan fingerprint density at radius 1 is 1.20 bits per heavy atom. The molecule has 222 valence electrons. The minimum absolute atomic E-state index is 0.0222. The molecule has 0 spiro atoms. The first kappa shape index (κ1) is 32.0. The molecule has 2 aromatic heterocycles. The van der Waals surface area contributed by atoms with Crippen LogP contribution in [0, 0.1) is 5.92 Å². The Morgan fingerprint density at radius 2 is 1.95 bits per heavy atom. The Hall–Kier alpha value is -3.55. The Morgan fingerprint density at radius 3 is 2.61 bits per heavy atom. The number of anilines is 4. The molecule has 0 amide bonds. The molecule has 0 aliphatic carbocycles. The summed E-state index contributed by atoms with van der Waals surface area (Å²) in [6.07, 6.45) is 3.12. The van der Waals surface area contributed by atoms with Crippen LogP contribution in [0.3, 0.4) is 0 Å². The van der Waals surface area contributed by atoms with Crippen LogP contribution in [0.15, 0.2) is 35.7 Å². The van der Waals surface area contributed by atoms with Crippen molar-refractivity contribution in [3.8, 4) is 5.88 Å². The molecule has 1 atom stereocenters. The number of ether oxygens (including phenoxy) is 1. The van der Waals surface area contributed by atoms with Crippen LogP contribution in [0.2, 0.25) is 0 Å². The predicted molar refractivity (Wildman–Crippen MR) is 169 cm³/mol. The van der Waals surface area contributed by atoms with Crippen LogP contribution in [0.5, 0.6) is 5.88 Å². The van der Waals surface area contributed by atoms with Crippen molar-refractivity contribution in [2.24, 2.45) is 16.8 Å². The number of thiazole rings is 1. The average Bonchev–Trinajstić information content (AvgIpc) is 3.33. The quantitative estimate of drug-likeness (QED) is 0.101. The third kappa shape index (κ3) is 9.51. The third-order valence-corrected chi connectivity index (χ3v) is 7.69. The number of hydrogen-bond acceptors (Lipinski definition) is 13. The number of esters is 1. The second-order valence-electron chi connectivity index (χ2n) is 9.50. The maximum atomic E-state index is 12.2. The highest BCUT2D eigenvalue weighted by atomic mass is 32.2. The van der Waals surface area contributed by atoms with Gasteiger partial charge in [-0.1, -0.05) is 74.7 Å². The van der Waals surface area contributed by atoms with Gasteiger partial charge < -0.3 is 25.8 Å². The molecular formula is C28H40N8O3S2. The van der Waals surface area contributed by atoms with Crippen LogP contribution >= 0.6 is 23.3 Å². The fourth-order valence-electron chi connectivity index (χ4n) is 3.87. The fraction of sp³-hybridized carbons (Fsp3) is 0.429. The summed E-state index contributed by atoms with van der Waals surface area (Å²) in [5, 5.41) is 24.1. The molecule has 0 fully saturated rings. The van der Waals surface area contributed by atoms with E-state index in [1.54, 1.807) is 12.3 Å². The lowest BCUT2D eigenvalue weighted by Gasteiger charge is -2.25. The topological polar surface area (TPSA) is 165 Å². The Labute approximate surface area is 249 Å². The van der Waals surface area contributed by atoms with Crippen LogP contribution in [-0.2, 0) is 11.3 Å². The Kier molecular flexibility index (Phi) is 12.5. The molecule has 0 saturated carbocycles. The lowest BCUT2D eigenvalue weighted by molar-refractivity contribution is 0.0528. The van der Waals surface area contributed by atoms with Gasteiger partial charge in [0, 0.05) is 36.8 Å². The van der Waals surface area contributed by atoms with Gasteiger partial charge in [-0.15, -0.1) is 0 Å². The molecule has 1 unspecified atom stereocenters. The number of benzene rings is 1. The second kappa shape index (κ2) is 16.0. The zero-order valence-corrected chi connectivity index (χ0v) is 25.6. The number of nitrogens with one attached hydrogen (secondary N) is 2. The van der Waals surface area contributed by atoms with Crippen molar-refractivity contribution >= 4 is 57.7 Å². The number of aromatic hydroxyl groups is 1. The molecule has 13 heteroatoms. The van der Waals surface area contributed by atoms with Crippen molar-refractivity contribution in [2.45, 2.75) is 53.5 Å². The summed E-state index contributed by atoms with van der Waals surface area (Å²) in [4.78, 5) is 27.9. The average molecular weight is 601 g/mol. The zero-order chi connectivity index (χ0) is 29.8. The van der Waals surface area contributed by atoms with Crippen molar-refractivity contribution in [3.05, 3.63) is 51.7 Å². The summed E-state index contributed by atoms with van der Waals surface area (Å²) in [5.41, 5.74) is 8.59. The summed E-state index contributed by atoms with van der Waals surface area (Å²) < 4.78 is 5.01. The molecule has 0 radical (unpaired) electrons. The fourth-order valence-corrected chi connectivity index (χ4v) is 4.90. The van der Waals surface area contributed by atoms with E-state index in [-0.39, 0.29) is 16.6 Å². The van der Waals surface area contributed by atoms with Crippen molar-refractivity contribution in [3.63, 3.8) is 0 Å². The first-order valence-corrected chi connectivity index (χ1v) is 15.5. The largest absolute Gasteiger partial charge is 0.492 e. The van der Waals surface area contributed by atoms with E-state index in [9.17, 15) is 9.90 Å². The van der Waals surface area contributed by atoms with Gasteiger partial charge in [0.15, 0.2) is 10.0 Å². The van der Waals surface area contributed by atoms with Crippen molar-refractivity contribution in [1.29, 1.82) is 0 Å². The zero-order valence-electron chi connectivity index (χ0n) is 24.0. The molecule has 0 aliphatic heterocycles. The highest BCUT2D eigenvalue weighted by Crippen LogP contribution is 2.31. The number of nitrogens with zero attached hydrogens (tertiary/aromatic N) is 4. The normalized spacial score (nSPS) is 12.2. The molecule has 0 bridgehead atoms. The molecule has 0 saturated heterocycles. The van der Waals surface area contributed by atoms with Gasteiger partial charge in [0.25, 0.3) is 0 Å². The lowest BCUT2D eigenvalue weighted by Crippen LogP contribution is -2.28. The SMILES string of the molecule is CCCN(CCC(C)CC)c1cc(NCc2ccc(/C(N)=C/SN)cc2)nc(Nc2nc(O)c(C(=O)OCC)s2)n1. The first-order valence-electron chi connectivity index (χ1n) is 13.7. The van der Waals surface area contributed by atoms with Gasteiger partial charge in [-0.3, -0.25) is 10.5 Å². The molecule has 2 heterocycles. The molecule has 11 nitrogen and oxygen atoms in total. The number of carbonyl (C=O) groups is 1. The van der Waals surface area contributed by atoms with Gasteiger partial charge in [-0.25, -0.2) is 4.79 Å². The number of rotatable bonds is 16. The van der Waals surface area contributed by atoms with Crippen LogP contribution in [0.4, 0.5) is 22.7 Å². The Balaban J connectivity index is 1.88. The van der Waals surface area contributed by atoms with E-state index >= 15 is 0 Å². The van der Waals surface area contributed by atoms with Crippen molar-refractivity contribution in [2.75, 3.05) is 35.2 Å². The van der Waals surface area contributed by atoms with Gasteiger partial charge in [0.05, 0.1) is 6.61 Å². The monoisotopic (exact) mass is 600 g/mol. The number of carbonyl (C=O) groups excluding carboxylic acids is 1. The van der Waals surface area contributed by atoms with E-state index in [1.807, 2.05) is 30.3 Å². The van der Waals surface area contributed by atoms with E-state index in [1.165, 1.54) is 0 Å². The summed E-state index contributed by atoms with van der Waals surface area (Å²) in [6.45, 7) is 10.7. The van der Waals surface area contributed by atoms with Gasteiger partial charge >= 0.3 is 5.97 Å². The molecular weight excluding hydrogens is 560 g/mol. The molecule has 7 N–H and O–H groups in total. The standard InChI is InChI=1S/C28H40N8O3S2/c1-5-13-36(14-12-18(4)6-2)23-15-22(31-16-19-8-10-20(11-9-19)21(29)17-40-30)32-27(33-23)35-28-34-25(37)24(41-28)26(38)39-7-3/h8-11,15,17-18,37H,5-7,12-14,16,29-30H2,1-4H3,(H2,31,32,33,34,35)/b21-17-. The van der Waals surface area contributed by atoms with Gasteiger partial charge in [0.2, 0.25) is 11.8 Å². The van der Waals surface area contributed by atoms with E-state index in [0.717, 1.165) is 72.6 Å². The smallest absolute Gasteiger partial charge is 0.354 e. The van der Waals surface area contributed by atoms with Crippen LogP contribution in [0.25, 0.3) is 5.70 Å². The predicted octanol–water partition coefficient (Wildman–Crippen LogP) is 5.69. The number of hydrogen-bond donors (Lipinski definition) is 5. The van der Waals surface area contributed by atoms with Crippen LogP contribution in [0.1, 0.15) is 67.8 Å². The number of nitrogens with two attached hydrogens (primary N) is 2. The van der Waals surface area contributed by atoms with E-state index < -0.39 is 11.8 Å². The van der Waals surface area contributed by atoms with E-state index in [4.69, 9.17) is 20.6 Å². The minimum Gasteiger partial charge on any atom is -0.492 e.